The third-order valence-corrected chi connectivity index (χ3v) is 3.35. The van der Waals surface area contributed by atoms with E-state index in [1.54, 1.807) is 24.1 Å². The van der Waals surface area contributed by atoms with Gasteiger partial charge in [-0.3, -0.25) is 4.79 Å². The lowest BCUT2D eigenvalue weighted by Gasteiger charge is -2.15. The number of benzene rings is 1. The maximum absolute atomic E-state index is 12.0. The maximum Gasteiger partial charge on any atom is 0.228 e. The summed E-state index contributed by atoms with van der Waals surface area (Å²) >= 11 is 5.84. The number of nitrogens with one attached hydrogen (secondary N) is 1. The normalized spacial score (nSPS) is 10.1. The van der Waals surface area contributed by atoms with Gasteiger partial charge in [0.05, 0.1) is 12.1 Å². The molecule has 7 heteroatoms. The van der Waals surface area contributed by atoms with Crippen LogP contribution in [0.25, 0.3) is 11.5 Å². The number of hydrogen-bond acceptors (Lipinski definition) is 4. The Labute approximate surface area is 141 Å². The molecule has 0 aliphatic heterocycles. The fraction of sp³-hybridized carbons (Fsp3) is 0.333. The summed E-state index contributed by atoms with van der Waals surface area (Å²) in [5.74, 6) is 0.508. The molecule has 0 atom stereocenters. The van der Waals surface area contributed by atoms with E-state index in [2.05, 4.69) is 10.3 Å². The number of likely N-dealkylation sites (N-methyl/N-ethyl adjacent to an activating group) is 2. The smallest absolute Gasteiger partial charge is 0.228 e. The van der Waals surface area contributed by atoms with Crippen LogP contribution in [0.2, 0.25) is 5.02 Å². The molecule has 22 heavy (non-hydrogen) atoms. The lowest BCUT2D eigenvalue weighted by atomic mass is 10.2. The second kappa shape index (κ2) is 8.78. The molecule has 0 aliphatic carbocycles. The van der Waals surface area contributed by atoms with E-state index < -0.39 is 0 Å². The van der Waals surface area contributed by atoms with Crippen molar-refractivity contribution < 1.29 is 9.21 Å². The Kier molecular flexibility index (Phi) is 7.38. The standard InChI is InChI=1S/C15H18ClN3O2.ClH/c1-17-7-8-19(2)14(20)9-13-10-21-15(18-13)11-3-5-12(16)6-4-11;/h3-6,10,17H,7-9H2,1-2H3;1H. The van der Waals surface area contributed by atoms with Gasteiger partial charge in [0.15, 0.2) is 0 Å². The molecule has 0 unspecified atom stereocenters. The van der Waals surface area contributed by atoms with Crippen molar-refractivity contribution in [2.75, 3.05) is 27.2 Å². The van der Waals surface area contributed by atoms with Crippen LogP contribution in [0.15, 0.2) is 34.9 Å². The molecular weight excluding hydrogens is 325 g/mol. The summed E-state index contributed by atoms with van der Waals surface area (Å²) in [4.78, 5) is 18.0. The van der Waals surface area contributed by atoms with Crippen molar-refractivity contribution in [1.82, 2.24) is 15.2 Å². The van der Waals surface area contributed by atoms with Crippen molar-refractivity contribution in [2.24, 2.45) is 0 Å². The lowest BCUT2D eigenvalue weighted by molar-refractivity contribution is -0.129. The van der Waals surface area contributed by atoms with Crippen molar-refractivity contribution in [3.8, 4) is 11.5 Å². The van der Waals surface area contributed by atoms with Crippen LogP contribution in [0.1, 0.15) is 5.69 Å². The highest BCUT2D eigenvalue weighted by molar-refractivity contribution is 6.30. The predicted octanol–water partition coefficient (Wildman–Crippen LogP) is 2.64. The van der Waals surface area contributed by atoms with Gasteiger partial charge in [-0.25, -0.2) is 4.98 Å². The molecule has 0 radical (unpaired) electrons. The average molecular weight is 344 g/mol. The van der Waals surface area contributed by atoms with Crippen LogP contribution in [0.5, 0.6) is 0 Å². The molecular formula is C15H19Cl2N3O2. The van der Waals surface area contributed by atoms with E-state index >= 15 is 0 Å². The Morgan fingerprint density at radius 3 is 2.68 bits per heavy atom. The topological polar surface area (TPSA) is 58.4 Å². The number of carbonyl (C=O) groups is 1. The van der Waals surface area contributed by atoms with Crippen LogP contribution >= 0.6 is 24.0 Å². The largest absolute Gasteiger partial charge is 0.444 e. The van der Waals surface area contributed by atoms with Crippen LogP contribution < -0.4 is 5.32 Å². The summed E-state index contributed by atoms with van der Waals surface area (Å²) in [5.41, 5.74) is 1.46. The van der Waals surface area contributed by atoms with Gasteiger partial charge >= 0.3 is 0 Å². The molecule has 2 aromatic rings. The van der Waals surface area contributed by atoms with Gasteiger partial charge in [-0.1, -0.05) is 11.6 Å². The summed E-state index contributed by atoms with van der Waals surface area (Å²) in [6.45, 7) is 1.42. The maximum atomic E-state index is 12.0. The molecule has 1 heterocycles. The van der Waals surface area contributed by atoms with Crippen LogP contribution in [-0.4, -0.2) is 43.0 Å². The molecule has 5 nitrogen and oxygen atoms in total. The highest BCUT2D eigenvalue weighted by atomic mass is 35.5. The molecule has 0 bridgehead atoms. The number of carbonyl (C=O) groups excluding carboxylic acids is 1. The molecule has 1 aromatic heterocycles. The minimum Gasteiger partial charge on any atom is -0.444 e. The van der Waals surface area contributed by atoms with E-state index in [9.17, 15) is 4.79 Å². The number of aromatic nitrogens is 1. The van der Waals surface area contributed by atoms with Crippen LogP contribution in [0.3, 0.4) is 0 Å². The summed E-state index contributed by atoms with van der Waals surface area (Å²) < 4.78 is 5.42. The van der Waals surface area contributed by atoms with Crippen molar-refractivity contribution >= 4 is 29.9 Å². The average Bonchev–Trinajstić information content (AvgIpc) is 2.93. The summed E-state index contributed by atoms with van der Waals surface area (Å²) in [7, 11) is 3.63. The highest BCUT2D eigenvalue weighted by Gasteiger charge is 2.13. The van der Waals surface area contributed by atoms with Crippen molar-refractivity contribution in [2.45, 2.75) is 6.42 Å². The van der Waals surface area contributed by atoms with E-state index in [1.165, 1.54) is 6.26 Å². The first kappa shape index (κ1) is 18.5. The van der Waals surface area contributed by atoms with E-state index in [-0.39, 0.29) is 24.7 Å². The van der Waals surface area contributed by atoms with Gasteiger partial charge in [-0.2, -0.15) is 0 Å². The van der Waals surface area contributed by atoms with Crippen LogP contribution in [-0.2, 0) is 11.2 Å². The number of nitrogens with zero attached hydrogens (tertiary/aromatic N) is 2. The summed E-state index contributed by atoms with van der Waals surface area (Å²) in [5, 5.41) is 3.67. The number of amides is 1. The van der Waals surface area contributed by atoms with Gasteiger partial charge in [0, 0.05) is 30.7 Å². The third kappa shape index (κ3) is 5.02. The molecule has 0 aliphatic rings. The lowest BCUT2D eigenvalue weighted by Crippen LogP contribution is -2.33. The molecule has 0 saturated carbocycles. The molecule has 2 rings (SSSR count). The Morgan fingerprint density at radius 2 is 2.05 bits per heavy atom. The second-order valence-electron chi connectivity index (χ2n) is 4.75. The minimum absolute atomic E-state index is 0. The fourth-order valence-electron chi connectivity index (χ4n) is 1.81. The molecule has 120 valence electrons. The van der Waals surface area contributed by atoms with Crippen molar-refractivity contribution in [1.29, 1.82) is 0 Å². The van der Waals surface area contributed by atoms with Gasteiger partial charge < -0.3 is 14.6 Å². The number of rotatable bonds is 6. The zero-order valence-corrected chi connectivity index (χ0v) is 14.1. The molecule has 0 saturated heterocycles. The first-order valence-electron chi connectivity index (χ1n) is 6.69. The monoisotopic (exact) mass is 343 g/mol. The van der Waals surface area contributed by atoms with Gasteiger partial charge in [0.2, 0.25) is 11.8 Å². The van der Waals surface area contributed by atoms with Crippen molar-refractivity contribution in [3.05, 3.63) is 41.2 Å². The summed E-state index contributed by atoms with van der Waals surface area (Å²) in [6, 6.07) is 7.21. The van der Waals surface area contributed by atoms with Gasteiger partial charge in [-0.05, 0) is 31.3 Å². The zero-order chi connectivity index (χ0) is 15.2. The molecule has 0 spiro atoms. The number of halogens is 2. The Morgan fingerprint density at radius 1 is 1.36 bits per heavy atom. The van der Waals surface area contributed by atoms with Crippen molar-refractivity contribution in [3.63, 3.8) is 0 Å². The molecule has 0 fully saturated rings. The SMILES string of the molecule is CNCCN(C)C(=O)Cc1coc(-c2ccc(Cl)cc2)n1.Cl. The predicted molar refractivity (Wildman–Crippen MR) is 89.5 cm³/mol. The first-order chi connectivity index (χ1) is 10.1. The van der Waals surface area contributed by atoms with E-state index in [4.69, 9.17) is 16.0 Å². The molecule has 1 amide bonds. The Hall–Kier alpha value is -1.56. The number of oxazole rings is 1. The third-order valence-electron chi connectivity index (χ3n) is 3.10. The van der Waals surface area contributed by atoms with Gasteiger partial charge in [0.25, 0.3) is 0 Å². The Bertz CT molecular complexity index is 599. The number of hydrogen-bond donors (Lipinski definition) is 1. The Balaban J connectivity index is 0.00000242. The molecule has 1 N–H and O–H groups in total. The van der Waals surface area contributed by atoms with Gasteiger partial charge in [-0.15, -0.1) is 12.4 Å². The first-order valence-corrected chi connectivity index (χ1v) is 7.07. The van der Waals surface area contributed by atoms with E-state index in [0.29, 0.717) is 23.2 Å². The van der Waals surface area contributed by atoms with Gasteiger partial charge in [0.1, 0.15) is 6.26 Å². The quantitative estimate of drug-likeness (QED) is 0.875. The van der Waals surface area contributed by atoms with Crippen LogP contribution in [0.4, 0.5) is 0 Å². The minimum atomic E-state index is 0. The van der Waals surface area contributed by atoms with E-state index in [0.717, 1.165) is 12.1 Å². The highest BCUT2D eigenvalue weighted by Crippen LogP contribution is 2.21. The zero-order valence-electron chi connectivity index (χ0n) is 12.5. The fourth-order valence-corrected chi connectivity index (χ4v) is 1.93. The van der Waals surface area contributed by atoms with Crippen LogP contribution in [0, 0.1) is 0 Å². The summed E-state index contributed by atoms with van der Waals surface area (Å²) in [6.07, 6.45) is 1.76. The molecule has 1 aromatic carbocycles. The van der Waals surface area contributed by atoms with E-state index in [1.807, 2.05) is 19.2 Å². The second-order valence-corrected chi connectivity index (χ2v) is 5.18.